The lowest BCUT2D eigenvalue weighted by molar-refractivity contribution is 0.0945. The number of furan rings is 1. The second kappa shape index (κ2) is 7.77. The second-order valence-corrected chi connectivity index (χ2v) is 7.01. The van der Waals surface area contributed by atoms with Crippen LogP contribution in [0, 0.1) is 0 Å². The van der Waals surface area contributed by atoms with Crippen LogP contribution in [0.4, 0.5) is 0 Å². The van der Waals surface area contributed by atoms with Crippen LogP contribution in [0.25, 0.3) is 22.1 Å². The third-order valence-electron chi connectivity index (χ3n) is 3.82. The van der Waals surface area contributed by atoms with Crippen molar-refractivity contribution < 1.29 is 13.7 Å². The average molecular weight is 400 g/mol. The van der Waals surface area contributed by atoms with Crippen LogP contribution in [-0.4, -0.2) is 22.6 Å². The summed E-state index contributed by atoms with van der Waals surface area (Å²) in [6.45, 7) is 0.450. The zero-order valence-corrected chi connectivity index (χ0v) is 15.6. The molecule has 1 N–H and O–H groups in total. The van der Waals surface area contributed by atoms with Crippen LogP contribution in [0.15, 0.2) is 63.0 Å². The Morgan fingerprint density at radius 1 is 1.19 bits per heavy atom. The molecular weight excluding hydrogens is 386 g/mol. The van der Waals surface area contributed by atoms with Crippen LogP contribution in [0.2, 0.25) is 5.02 Å². The minimum Gasteiger partial charge on any atom is -0.461 e. The Balaban J connectivity index is 1.32. The van der Waals surface area contributed by atoms with Crippen molar-refractivity contribution in [3.63, 3.8) is 0 Å². The van der Waals surface area contributed by atoms with E-state index in [1.807, 2.05) is 29.6 Å². The number of aromatic nitrogens is 2. The van der Waals surface area contributed by atoms with Gasteiger partial charge in [0.15, 0.2) is 11.5 Å². The Morgan fingerprint density at radius 3 is 2.81 bits per heavy atom. The van der Waals surface area contributed by atoms with E-state index in [1.54, 1.807) is 29.5 Å². The molecule has 0 unspecified atom stereocenters. The van der Waals surface area contributed by atoms with Crippen molar-refractivity contribution in [3.8, 4) is 22.1 Å². The summed E-state index contributed by atoms with van der Waals surface area (Å²) in [5.41, 5.74) is 2.15. The molecule has 3 heterocycles. The van der Waals surface area contributed by atoms with Gasteiger partial charge in [-0.1, -0.05) is 28.9 Å². The first kappa shape index (κ1) is 17.5. The Labute approximate surface area is 163 Å². The van der Waals surface area contributed by atoms with E-state index in [1.165, 1.54) is 6.26 Å². The lowest BCUT2D eigenvalue weighted by atomic mass is 10.2. The number of benzene rings is 1. The zero-order chi connectivity index (χ0) is 18.6. The molecule has 0 aliphatic carbocycles. The molecule has 27 heavy (non-hydrogen) atoms. The number of carbonyl (C=O) groups is 1. The van der Waals surface area contributed by atoms with E-state index in [4.69, 9.17) is 20.5 Å². The number of halogens is 1. The van der Waals surface area contributed by atoms with Crippen molar-refractivity contribution in [2.24, 2.45) is 0 Å². The summed E-state index contributed by atoms with van der Waals surface area (Å²) in [7, 11) is 0. The minimum absolute atomic E-state index is 0.210. The van der Waals surface area contributed by atoms with Gasteiger partial charge in [-0.15, -0.1) is 11.3 Å². The molecule has 0 fully saturated rings. The van der Waals surface area contributed by atoms with Crippen LogP contribution in [0.5, 0.6) is 0 Å². The molecule has 0 atom stereocenters. The lowest BCUT2D eigenvalue weighted by Crippen LogP contribution is -2.26. The van der Waals surface area contributed by atoms with E-state index in [-0.39, 0.29) is 11.6 Å². The van der Waals surface area contributed by atoms with Crippen LogP contribution in [0.3, 0.4) is 0 Å². The molecule has 6 nitrogen and oxygen atoms in total. The summed E-state index contributed by atoms with van der Waals surface area (Å²) in [5, 5.41) is 10.2. The summed E-state index contributed by atoms with van der Waals surface area (Å²) < 4.78 is 10.3. The fourth-order valence-electron chi connectivity index (χ4n) is 2.46. The van der Waals surface area contributed by atoms with E-state index in [2.05, 4.69) is 15.5 Å². The van der Waals surface area contributed by atoms with Gasteiger partial charge < -0.3 is 14.3 Å². The highest BCUT2D eigenvalue weighted by Crippen LogP contribution is 2.25. The molecule has 1 amide bonds. The fourth-order valence-corrected chi connectivity index (χ4v) is 3.44. The first-order valence-corrected chi connectivity index (χ1v) is 9.44. The zero-order valence-electron chi connectivity index (χ0n) is 14.0. The predicted octanol–water partition coefficient (Wildman–Crippen LogP) is 4.68. The molecule has 136 valence electrons. The summed E-state index contributed by atoms with van der Waals surface area (Å²) in [6, 6.07) is 12.6. The van der Waals surface area contributed by atoms with Gasteiger partial charge in [-0.05, 0) is 24.3 Å². The summed E-state index contributed by atoms with van der Waals surface area (Å²) in [4.78, 5) is 16.8. The number of rotatable bonds is 6. The molecule has 0 aliphatic rings. The maximum absolute atomic E-state index is 12.2. The molecule has 0 bridgehead atoms. The normalized spacial score (nSPS) is 10.9. The first-order valence-electron chi connectivity index (χ1n) is 8.18. The smallest absolute Gasteiger partial charge is 0.273 e. The molecule has 0 saturated carbocycles. The lowest BCUT2D eigenvalue weighted by Gasteiger charge is -2.00. The topological polar surface area (TPSA) is 81.2 Å². The average Bonchev–Trinajstić information content (AvgIpc) is 3.43. The fraction of sp³-hybridized carbons (Fsp3) is 0.105. The highest BCUT2D eigenvalue weighted by atomic mass is 35.5. The molecule has 8 heteroatoms. The first-order chi connectivity index (χ1) is 13.2. The standard InChI is InChI=1S/C19H14ClN3O3S/c20-13-5-3-12(4-6-13)19-22-14(11-27-19)7-8-21-18(24)15-10-17(26-23-15)16-2-1-9-25-16/h1-6,9-11H,7-8H2,(H,21,24). The Hall–Kier alpha value is -2.90. The molecule has 0 saturated heterocycles. The number of amides is 1. The monoisotopic (exact) mass is 399 g/mol. The minimum atomic E-state index is -0.301. The number of hydrogen-bond acceptors (Lipinski definition) is 6. The molecule has 0 radical (unpaired) electrons. The van der Waals surface area contributed by atoms with Crippen molar-refractivity contribution in [2.45, 2.75) is 6.42 Å². The summed E-state index contributed by atoms with van der Waals surface area (Å²) >= 11 is 7.47. The van der Waals surface area contributed by atoms with Crippen molar-refractivity contribution in [1.29, 1.82) is 0 Å². The number of nitrogens with one attached hydrogen (secondary N) is 1. The summed E-state index contributed by atoms with van der Waals surface area (Å²) in [6.07, 6.45) is 2.16. The Kier molecular flexibility index (Phi) is 5.04. The largest absolute Gasteiger partial charge is 0.461 e. The van der Waals surface area contributed by atoms with Gasteiger partial charge >= 0.3 is 0 Å². The Bertz CT molecular complexity index is 1040. The van der Waals surface area contributed by atoms with Gasteiger partial charge in [-0.3, -0.25) is 4.79 Å². The van der Waals surface area contributed by atoms with Crippen molar-refractivity contribution in [1.82, 2.24) is 15.5 Å². The van der Waals surface area contributed by atoms with Crippen molar-refractivity contribution >= 4 is 28.8 Å². The van der Waals surface area contributed by atoms with Crippen LogP contribution in [-0.2, 0) is 6.42 Å². The number of hydrogen-bond donors (Lipinski definition) is 1. The van der Waals surface area contributed by atoms with E-state index >= 15 is 0 Å². The molecular formula is C19H14ClN3O3S. The quantitative estimate of drug-likeness (QED) is 0.509. The number of thiazole rings is 1. The highest BCUT2D eigenvalue weighted by Gasteiger charge is 2.15. The molecule has 1 aromatic carbocycles. The van der Waals surface area contributed by atoms with Gasteiger partial charge in [0.05, 0.1) is 12.0 Å². The van der Waals surface area contributed by atoms with E-state index in [9.17, 15) is 4.79 Å². The van der Waals surface area contributed by atoms with E-state index < -0.39 is 0 Å². The van der Waals surface area contributed by atoms with Crippen molar-refractivity contribution in [2.75, 3.05) is 6.54 Å². The van der Waals surface area contributed by atoms with Gasteiger partial charge in [-0.2, -0.15) is 0 Å². The number of nitrogens with zero attached hydrogens (tertiary/aromatic N) is 2. The van der Waals surface area contributed by atoms with E-state index in [0.29, 0.717) is 29.5 Å². The maximum Gasteiger partial charge on any atom is 0.273 e. The molecule has 0 aliphatic heterocycles. The van der Waals surface area contributed by atoms with Crippen molar-refractivity contribution in [3.05, 3.63) is 70.5 Å². The van der Waals surface area contributed by atoms with Crippen LogP contribution >= 0.6 is 22.9 Å². The SMILES string of the molecule is O=C(NCCc1csc(-c2ccc(Cl)cc2)n1)c1cc(-c2ccco2)on1. The van der Waals surface area contributed by atoms with Gasteiger partial charge in [0.2, 0.25) is 5.76 Å². The Morgan fingerprint density at radius 2 is 2.04 bits per heavy atom. The number of carbonyl (C=O) groups excluding carboxylic acids is 1. The third kappa shape index (κ3) is 4.10. The van der Waals surface area contributed by atoms with Gasteiger partial charge in [0, 0.05) is 35.0 Å². The van der Waals surface area contributed by atoms with E-state index in [0.717, 1.165) is 16.3 Å². The summed E-state index contributed by atoms with van der Waals surface area (Å²) in [5.74, 6) is 0.640. The predicted molar refractivity (Wildman–Crippen MR) is 103 cm³/mol. The molecule has 0 spiro atoms. The van der Waals surface area contributed by atoms with Gasteiger partial charge in [0.1, 0.15) is 5.01 Å². The molecule has 4 rings (SSSR count). The van der Waals surface area contributed by atoms with Crippen LogP contribution in [0.1, 0.15) is 16.2 Å². The maximum atomic E-state index is 12.2. The molecule has 4 aromatic rings. The highest BCUT2D eigenvalue weighted by molar-refractivity contribution is 7.13. The second-order valence-electron chi connectivity index (χ2n) is 5.71. The van der Waals surface area contributed by atoms with Gasteiger partial charge in [0.25, 0.3) is 5.91 Å². The molecule has 3 aromatic heterocycles. The van der Waals surface area contributed by atoms with Crippen LogP contribution < -0.4 is 5.32 Å². The third-order valence-corrected chi connectivity index (χ3v) is 5.01. The van der Waals surface area contributed by atoms with Gasteiger partial charge in [-0.25, -0.2) is 4.98 Å².